The van der Waals surface area contributed by atoms with Crippen molar-refractivity contribution >= 4 is 17.7 Å². The molecule has 1 spiro atoms. The highest BCUT2D eigenvalue weighted by atomic mass is 16.4. The van der Waals surface area contributed by atoms with E-state index in [0.717, 1.165) is 44.6 Å². The molecule has 7 heteroatoms. The summed E-state index contributed by atoms with van der Waals surface area (Å²) in [6, 6.07) is -0.682. The summed E-state index contributed by atoms with van der Waals surface area (Å²) < 4.78 is 0. The van der Waals surface area contributed by atoms with Gasteiger partial charge in [-0.05, 0) is 31.1 Å². The molecule has 2 fully saturated rings. The number of carboxylic acid groups (broad SMARTS) is 1. The van der Waals surface area contributed by atoms with E-state index in [-0.39, 0.29) is 11.3 Å². The molecule has 1 atom stereocenters. The molecule has 3 rings (SSSR count). The van der Waals surface area contributed by atoms with Crippen LogP contribution in [0.2, 0.25) is 0 Å². The van der Waals surface area contributed by atoms with Crippen LogP contribution in [0.5, 0.6) is 0 Å². The van der Waals surface area contributed by atoms with Crippen molar-refractivity contribution in [3.63, 3.8) is 0 Å². The van der Waals surface area contributed by atoms with Crippen molar-refractivity contribution in [1.82, 2.24) is 14.9 Å². The topological polar surface area (TPSA) is 86.6 Å². The molecular formula is C18H26N4O3. The summed E-state index contributed by atoms with van der Waals surface area (Å²) >= 11 is 0. The molecule has 136 valence electrons. The van der Waals surface area contributed by atoms with Gasteiger partial charge < -0.3 is 14.9 Å². The number of piperidine rings is 1. The van der Waals surface area contributed by atoms with E-state index in [1.165, 1.54) is 17.4 Å². The van der Waals surface area contributed by atoms with E-state index in [2.05, 4.69) is 21.8 Å². The molecule has 7 nitrogen and oxygen atoms in total. The number of nitrogens with zero attached hydrogens (tertiary/aromatic N) is 4. The van der Waals surface area contributed by atoms with Crippen molar-refractivity contribution in [3.05, 3.63) is 18.1 Å². The second-order valence-electron chi connectivity index (χ2n) is 7.31. The monoisotopic (exact) mass is 346 g/mol. The summed E-state index contributed by atoms with van der Waals surface area (Å²) in [5.74, 6) is -0.0359. The number of aliphatic carboxylic acids is 1. The molecule has 0 aliphatic carbocycles. The van der Waals surface area contributed by atoms with Gasteiger partial charge in [-0.15, -0.1) is 0 Å². The predicted octanol–water partition coefficient (Wildman–Crippen LogP) is 1.72. The molecule has 0 bridgehead atoms. The summed E-state index contributed by atoms with van der Waals surface area (Å²) in [6.07, 6.45) is 7.81. The van der Waals surface area contributed by atoms with E-state index in [1.54, 1.807) is 6.33 Å². The fourth-order valence-electron chi connectivity index (χ4n) is 4.25. The number of carbonyl (C=O) groups excluding carboxylic acids is 1. The molecule has 2 aliphatic rings. The Labute approximate surface area is 148 Å². The zero-order chi connectivity index (χ0) is 18.0. The standard InChI is InChI=1S/C18H26N4O3/c1-3-4-14-10-19-12-20-16(14)21-7-5-18(6-8-21)9-15(17(24)25)22(11-18)13(2)23/h10,12,15H,3-9,11H2,1-2H3,(H,24,25)/t15-/m0/s1. The Hall–Kier alpha value is -2.18. The summed E-state index contributed by atoms with van der Waals surface area (Å²) in [5.41, 5.74) is 1.09. The minimum Gasteiger partial charge on any atom is -0.480 e. The molecule has 0 unspecified atom stereocenters. The van der Waals surface area contributed by atoms with Gasteiger partial charge in [0.25, 0.3) is 0 Å². The van der Waals surface area contributed by atoms with E-state index in [4.69, 9.17) is 0 Å². The van der Waals surface area contributed by atoms with Crippen LogP contribution in [0.15, 0.2) is 12.5 Å². The molecule has 25 heavy (non-hydrogen) atoms. The van der Waals surface area contributed by atoms with Crippen molar-refractivity contribution in [2.45, 2.75) is 52.0 Å². The van der Waals surface area contributed by atoms with Gasteiger partial charge in [0.15, 0.2) is 0 Å². The first-order valence-corrected chi connectivity index (χ1v) is 8.99. The van der Waals surface area contributed by atoms with Crippen LogP contribution in [0.3, 0.4) is 0 Å². The van der Waals surface area contributed by atoms with Gasteiger partial charge in [-0.25, -0.2) is 14.8 Å². The SMILES string of the molecule is CCCc1cncnc1N1CCC2(CC1)C[C@@H](C(=O)O)N(C(C)=O)C2. The van der Waals surface area contributed by atoms with Gasteiger partial charge in [-0.2, -0.15) is 0 Å². The maximum absolute atomic E-state index is 11.8. The highest BCUT2D eigenvalue weighted by Gasteiger charge is 2.49. The Morgan fingerprint density at radius 3 is 2.64 bits per heavy atom. The second kappa shape index (κ2) is 6.98. The van der Waals surface area contributed by atoms with E-state index in [9.17, 15) is 14.7 Å². The van der Waals surface area contributed by atoms with Gasteiger partial charge in [0.05, 0.1) is 0 Å². The first-order valence-electron chi connectivity index (χ1n) is 8.99. The van der Waals surface area contributed by atoms with Gasteiger partial charge in [-0.3, -0.25) is 4.79 Å². The average molecular weight is 346 g/mol. The number of anilines is 1. The van der Waals surface area contributed by atoms with Gasteiger partial charge in [0.1, 0.15) is 18.2 Å². The fourth-order valence-corrected chi connectivity index (χ4v) is 4.25. The third-order valence-electron chi connectivity index (χ3n) is 5.61. The minimum absolute atomic E-state index is 0.0802. The number of carbonyl (C=O) groups is 2. The van der Waals surface area contributed by atoms with Gasteiger partial charge in [-0.1, -0.05) is 13.3 Å². The van der Waals surface area contributed by atoms with E-state index >= 15 is 0 Å². The maximum Gasteiger partial charge on any atom is 0.326 e. The van der Waals surface area contributed by atoms with E-state index < -0.39 is 12.0 Å². The predicted molar refractivity (Wildman–Crippen MR) is 93.3 cm³/mol. The van der Waals surface area contributed by atoms with Crippen LogP contribution in [0.4, 0.5) is 5.82 Å². The number of amides is 1. The molecule has 2 aliphatic heterocycles. The molecule has 2 saturated heterocycles. The first kappa shape index (κ1) is 17.6. The number of hydrogen-bond acceptors (Lipinski definition) is 5. The molecule has 1 N–H and O–H groups in total. The Morgan fingerprint density at radius 2 is 2.08 bits per heavy atom. The third-order valence-corrected chi connectivity index (χ3v) is 5.61. The highest BCUT2D eigenvalue weighted by Crippen LogP contribution is 2.44. The summed E-state index contributed by atoms with van der Waals surface area (Å²) in [6.45, 7) is 5.83. The summed E-state index contributed by atoms with van der Waals surface area (Å²) in [4.78, 5) is 35.8. The van der Waals surface area contributed by atoms with Crippen LogP contribution >= 0.6 is 0 Å². The number of hydrogen-bond donors (Lipinski definition) is 1. The van der Waals surface area contributed by atoms with Gasteiger partial charge >= 0.3 is 5.97 Å². The number of aromatic nitrogens is 2. The summed E-state index contributed by atoms with van der Waals surface area (Å²) in [5, 5.41) is 9.45. The zero-order valence-electron chi connectivity index (χ0n) is 14.9. The molecule has 1 aromatic heterocycles. The van der Waals surface area contributed by atoms with E-state index in [1.807, 2.05) is 6.20 Å². The summed E-state index contributed by atoms with van der Waals surface area (Å²) in [7, 11) is 0. The lowest BCUT2D eigenvalue weighted by Crippen LogP contribution is -2.43. The zero-order valence-corrected chi connectivity index (χ0v) is 14.9. The lowest BCUT2D eigenvalue weighted by Gasteiger charge is -2.40. The van der Waals surface area contributed by atoms with Crippen LogP contribution < -0.4 is 4.90 Å². The van der Waals surface area contributed by atoms with Gasteiger partial charge in [0, 0.05) is 38.3 Å². The number of likely N-dealkylation sites (tertiary alicyclic amines) is 1. The number of rotatable bonds is 4. The van der Waals surface area contributed by atoms with Crippen molar-refractivity contribution in [2.24, 2.45) is 5.41 Å². The van der Waals surface area contributed by atoms with Crippen LogP contribution in [0, 0.1) is 5.41 Å². The fraction of sp³-hybridized carbons (Fsp3) is 0.667. The molecule has 0 saturated carbocycles. The maximum atomic E-state index is 11.8. The van der Waals surface area contributed by atoms with Crippen molar-refractivity contribution in [3.8, 4) is 0 Å². The third kappa shape index (κ3) is 3.45. The Balaban J connectivity index is 1.72. The van der Waals surface area contributed by atoms with Crippen molar-refractivity contribution < 1.29 is 14.7 Å². The van der Waals surface area contributed by atoms with Gasteiger partial charge in [0.2, 0.25) is 5.91 Å². The normalized spacial score (nSPS) is 22.4. The van der Waals surface area contributed by atoms with E-state index in [0.29, 0.717) is 13.0 Å². The highest BCUT2D eigenvalue weighted by molar-refractivity contribution is 5.83. The Kier molecular flexibility index (Phi) is 4.92. The minimum atomic E-state index is -0.893. The van der Waals surface area contributed by atoms with Crippen molar-refractivity contribution in [1.29, 1.82) is 0 Å². The number of carboxylic acids is 1. The molecule has 0 radical (unpaired) electrons. The smallest absolute Gasteiger partial charge is 0.326 e. The second-order valence-corrected chi connectivity index (χ2v) is 7.31. The van der Waals surface area contributed by atoms with Crippen molar-refractivity contribution in [2.75, 3.05) is 24.5 Å². The lowest BCUT2D eigenvalue weighted by atomic mass is 9.76. The molecule has 1 amide bonds. The molecule has 1 aromatic rings. The van der Waals surface area contributed by atoms with Crippen LogP contribution in [0.25, 0.3) is 0 Å². The van der Waals surface area contributed by atoms with Crippen LogP contribution in [-0.4, -0.2) is 57.5 Å². The number of aryl methyl sites for hydroxylation is 1. The molecule has 3 heterocycles. The molecular weight excluding hydrogens is 320 g/mol. The quantitative estimate of drug-likeness (QED) is 0.893. The largest absolute Gasteiger partial charge is 0.480 e. The Morgan fingerprint density at radius 1 is 1.36 bits per heavy atom. The lowest BCUT2D eigenvalue weighted by molar-refractivity contribution is -0.147. The first-order chi connectivity index (χ1) is 12.0. The average Bonchev–Trinajstić information content (AvgIpc) is 2.97. The molecule has 0 aromatic carbocycles. The van der Waals surface area contributed by atoms with Crippen LogP contribution in [-0.2, 0) is 16.0 Å². The van der Waals surface area contributed by atoms with Crippen LogP contribution in [0.1, 0.15) is 45.1 Å². The Bertz CT molecular complexity index is 631.